The maximum Gasteiger partial charge on any atom is 0.323 e. The average molecular weight is 491 g/mol. The van der Waals surface area contributed by atoms with Crippen molar-refractivity contribution < 1.29 is 19.7 Å². The number of pyridine rings is 1. The Bertz CT molecular complexity index is 1190. The summed E-state index contributed by atoms with van der Waals surface area (Å²) in [6.07, 6.45) is 3.80. The van der Waals surface area contributed by atoms with Crippen molar-refractivity contribution in [2.75, 3.05) is 19.8 Å². The fraction of sp³-hybridized carbons (Fsp3) is 0.458. The molecule has 1 fully saturated rings. The highest BCUT2D eigenvalue weighted by Gasteiger charge is 2.21. The molecule has 1 aromatic carbocycles. The van der Waals surface area contributed by atoms with Crippen LogP contribution < -0.4 is 10.9 Å². The Morgan fingerprint density at radius 2 is 2.03 bits per heavy atom. The highest BCUT2D eigenvalue weighted by atomic mass is 35.5. The first-order valence-electron chi connectivity index (χ1n) is 11.2. The van der Waals surface area contributed by atoms with E-state index in [-0.39, 0.29) is 18.0 Å². The highest BCUT2D eigenvalue weighted by molar-refractivity contribution is 5.85. The minimum absolute atomic E-state index is 0. The predicted octanol–water partition coefficient (Wildman–Crippen LogP) is 2.09. The lowest BCUT2D eigenvalue weighted by molar-refractivity contribution is -0.140. The number of carboxylic acids is 1. The van der Waals surface area contributed by atoms with E-state index in [0.29, 0.717) is 18.0 Å². The van der Waals surface area contributed by atoms with Crippen molar-refractivity contribution in [1.29, 1.82) is 0 Å². The number of nitrogens with zero attached hydrogens (tertiary/aromatic N) is 3. The maximum atomic E-state index is 12.2. The number of ether oxygens (including phenoxy) is 1. The normalized spacial score (nSPS) is 15.3. The molecule has 0 bridgehead atoms. The van der Waals surface area contributed by atoms with E-state index in [9.17, 15) is 14.7 Å². The monoisotopic (exact) mass is 490 g/mol. The van der Waals surface area contributed by atoms with Crippen LogP contribution in [-0.2, 0) is 29.7 Å². The molecule has 1 atom stereocenters. The van der Waals surface area contributed by atoms with Gasteiger partial charge < -0.3 is 24.1 Å². The van der Waals surface area contributed by atoms with Gasteiger partial charge in [-0.3, -0.25) is 14.9 Å². The van der Waals surface area contributed by atoms with Gasteiger partial charge in [-0.1, -0.05) is 6.07 Å². The average Bonchev–Trinajstić information content (AvgIpc) is 3.15. The number of aliphatic hydroxyl groups is 1. The molecule has 0 saturated carbocycles. The first-order valence-corrected chi connectivity index (χ1v) is 11.2. The number of aryl methyl sites for hydroxylation is 2. The highest BCUT2D eigenvalue weighted by Crippen LogP contribution is 2.29. The SMILES string of the molecule is Cc1cc(-c2nc3cc(CN[C@@H](CO)C(=O)O)ccc3n2CC2CCOCC2)cn(C)c1=O.Cl. The molecule has 34 heavy (non-hydrogen) atoms. The quantitative estimate of drug-likeness (QED) is 0.442. The molecule has 184 valence electrons. The molecule has 0 amide bonds. The lowest BCUT2D eigenvalue weighted by Gasteiger charge is -2.23. The first-order chi connectivity index (χ1) is 15.9. The van der Waals surface area contributed by atoms with E-state index in [0.717, 1.165) is 60.6 Å². The maximum absolute atomic E-state index is 12.2. The zero-order valence-corrected chi connectivity index (χ0v) is 20.2. The summed E-state index contributed by atoms with van der Waals surface area (Å²) in [4.78, 5) is 28.3. The molecular formula is C24H31ClN4O5. The Balaban J connectivity index is 0.00000324. The van der Waals surface area contributed by atoms with Gasteiger partial charge in [0.2, 0.25) is 0 Å². The third-order valence-electron chi connectivity index (χ3n) is 6.25. The Kier molecular flexibility index (Phi) is 8.48. The van der Waals surface area contributed by atoms with Crippen molar-refractivity contribution in [3.05, 3.63) is 51.9 Å². The number of hydrogen-bond donors (Lipinski definition) is 3. The molecule has 10 heteroatoms. The molecule has 3 N–H and O–H groups in total. The topological polar surface area (TPSA) is 119 Å². The van der Waals surface area contributed by atoms with Gasteiger partial charge >= 0.3 is 5.97 Å². The molecule has 1 aliphatic rings. The zero-order valence-electron chi connectivity index (χ0n) is 19.4. The van der Waals surface area contributed by atoms with Crippen LogP contribution in [0.25, 0.3) is 22.4 Å². The summed E-state index contributed by atoms with van der Waals surface area (Å²) in [6.45, 7) is 3.96. The number of carbonyl (C=O) groups is 1. The van der Waals surface area contributed by atoms with Gasteiger partial charge in [0.15, 0.2) is 0 Å². The fourth-order valence-electron chi connectivity index (χ4n) is 4.35. The van der Waals surface area contributed by atoms with Crippen LogP contribution in [0.4, 0.5) is 0 Å². The molecular weight excluding hydrogens is 460 g/mol. The standard InChI is InChI=1S/C24H30N4O5.ClH/c1-15-9-18(13-27(2)23(15)30)22-26-19-10-17(11-25-20(14-29)24(31)32)3-4-21(19)28(22)12-16-5-7-33-8-6-16;/h3-4,9-10,13,16,20,25,29H,5-8,11-12,14H2,1-2H3,(H,31,32);1H/t20-;/m0./s1. The summed E-state index contributed by atoms with van der Waals surface area (Å²) in [5.41, 5.74) is 4.18. The molecule has 3 heterocycles. The van der Waals surface area contributed by atoms with Crippen molar-refractivity contribution in [3.63, 3.8) is 0 Å². The van der Waals surface area contributed by atoms with E-state index in [4.69, 9.17) is 14.8 Å². The summed E-state index contributed by atoms with van der Waals surface area (Å²) in [7, 11) is 1.74. The molecule has 4 rings (SSSR count). The van der Waals surface area contributed by atoms with Gasteiger partial charge in [-0.25, -0.2) is 4.98 Å². The van der Waals surface area contributed by atoms with Crippen molar-refractivity contribution in [2.24, 2.45) is 13.0 Å². The second kappa shape index (κ2) is 11.1. The van der Waals surface area contributed by atoms with Crippen LogP contribution in [0, 0.1) is 12.8 Å². The molecule has 1 saturated heterocycles. The number of hydrogen-bond acceptors (Lipinski definition) is 6. The van der Waals surface area contributed by atoms with Gasteiger partial charge in [0, 0.05) is 50.7 Å². The number of rotatable bonds is 8. The van der Waals surface area contributed by atoms with Crippen LogP contribution in [0.1, 0.15) is 24.0 Å². The summed E-state index contributed by atoms with van der Waals surface area (Å²) in [5.74, 6) is 0.191. The number of aliphatic hydroxyl groups excluding tert-OH is 1. The van der Waals surface area contributed by atoms with Crippen LogP contribution in [-0.4, -0.2) is 56.2 Å². The van der Waals surface area contributed by atoms with Crippen LogP contribution >= 0.6 is 12.4 Å². The predicted molar refractivity (Wildman–Crippen MR) is 131 cm³/mol. The number of fused-ring (bicyclic) bond motifs is 1. The van der Waals surface area contributed by atoms with E-state index < -0.39 is 18.6 Å². The second-order valence-electron chi connectivity index (χ2n) is 8.71. The summed E-state index contributed by atoms with van der Waals surface area (Å²) in [5, 5.41) is 21.2. The third kappa shape index (κ3) is 5.50. The third-order valence-corrected chi connectivity index (χ3v) is 6.25. The van der Waals surface area contributed by atoms with Crippen LogP contribution in [0.15, 0.2) is 35.3 Å². The smallest absolute Gasteiger partial charge is 0.323 e. The summed E-state index contributed by atoms with van der Waals surface area (Å²) in [6, 6.07) is 6.76. The number of nitrogens with one attached hydrogen (secondary N) is 1. The molecule has 2 aromatic heterocycles. The van der Waals surface area contributed by atoms with Crippen molar-refractivity contribution in [2.45, 2.75) is 38.9 Å². The lowest BCUT2D eigenvalue weighted by atomic mass is 10.00. The number of aromatic nitrogens is 3. The Morgan fingerprint density at radius 1 is 1.29 bits per heavy atom. The second-order valence-corrected chi connectivity index (χ2v) is 8.71. The number of benzene rings is 1. The zero-order chi connectivity index (χ0) is 23.5. The Labute approximate surface area is 203 Å². The number of carboxylic acid groups (broad SMARTS) is 1. The molecule has 0 unspecified atom stereocenters. The van der Waals surface area contributed by atoms with Gasteiger partial charge in [0.1, 0.15) is 11.9 Å². The molecule has 9 nitrogen and oxygen atoms in total. The molecule has 0 radical (unpaired) electrons. The van der Waals surface area contributed by atoms with Crippen molar-refractivity contribution in [1.82, 2.24) is 19.4 Å². The lowest BCUT2D eigenvalue weighted by Crippen LogP contribution is -2.39. The number of imidazole rings is 1. The van der Waals surface area contributed by atoms with Crippen LogP contribution in [0.3, 0.4) is 0 Å². The summed E-state index contributed by atoms with van der Waals surface area (Å²) >= 11 is 0. The van der Waals surface area contributed by atoms with E-state index in [1.807, 2.05) is 30.5 Å². The number of aliphatic carboxylic acids is 1. The largest absolute Gasteiger partial charge is 0.480 e. The molecule has 0 aliphatic carbocycles. The Morgan fingerprint density at radius 3 is 2.68 bits per heavy atom. The van der Waals surface area contributed by atoms with Crippen LogP contribution in [0.5, 0.6) is 0 Å². The van der Waals surface area contributed by atoms with E-state index in [1.54, 1.807) is 18.5 Å². The minimum Gasteiger partial charge on any atom is -0.480 e. The number of halogens is 1. The van der Waals surface area contributed by atoms with Gasteiger partial charge in [0.25, 0.3) is 5.56 Å². The van der Waals surface area contributed by atoms with Crippen LogP contribution in [0.2, 0.25) is 0 Å². The first kappa shape index (κ1) is 25.9. The fourth-order valence-corrected chi connectivity index (χ4v) is 4.35. The molecule has 0 spiro atoms. The summed E-state index contributed by atoms with van der Waals surface area (Å²) < 4.78 is 9.32. The van der Waals surface area contributed by atoms with E-state index in [1.165, 1.54) is 0 Å². The Hall–Kier alpha value is -2.72. The van der Waals surface area contributed by atoms with Crippen molar-refractivity contribution in [3.8, 4) is 11.4 Å². The minimum atomic E-state index is -1.09. The van der Waals surface area contributed by atoms with E-state index >= 15 is 0 Å². The molecule has 1 aliphatic heterocycles. The van der Waals surface area contributed by atoms with Gasteiger partial charge in [-0.15, -0.1) is 12.4 Å². The van der Waals surface area contributed by atoms with E-state index in [2.05, 4.69) is 9.88 Å². The van der Waals surface area contributed by atoms with Gasteiger partial charge in [0.05, 0.1) is 17.6 Å². The van der Waals surface area contributed by atoms with Gasteiger partial charge in [-0.2, -0.15) is 0 Å². The molecule has 3 aromatic rings. The van der Waals surface area contributed by atoms with Gasteiger partial charge in [-0.05, 0) is 49.4 Å². The van der Waals surface area contributed by atoms with Crippen molar-refractivity contribution >= 4 is 29.4 Å².